The Morgan fingerprint density at radius 2 is 2.14 bits per heavy atom. The zero-order valence-corrected chi connectivity index (χ0v) is 10.9. The third kappa shape index (κ3) is 3.11. The van der Waals surface area contributed by atoms with E-state index in [4.69, 9.17) is 5.73 Å². The van der Waals surface area contributed by atoms with E-state index in [0.717, 1.165) is 5.56 Å². The summed E-state index contributed by atoms with van der Waals surface area (Å²) in [6.07, 6.45) is 4.87. The van der Waals surface area contributed by atoms with Gasteiger partial charge in [0.05, 0.1) is 0 Å². The minimum atomic E-state index is -0.288. The van der Waals surface area contributed by atoms with Crippen LogP contribution in [0, 0.1) is 5.82 Å². The van der Waals surface area contributed by atoms with Crippen LogP contribution in [-0.2, 0) is 6.54 Å². The molecule has 0 bridgehead atoms. The Bertz CT molecular complexity index is 742. The summed E-state index contributed by atoms with van der Waals surface area (Å²) in [6.45, 7) is 0.380. The molecule has 3 rings (SSSR count). The van der Waals surface area contributed by atoms with E-state index in [0.29, 0.717) is 18.4 Å². The molecule has 0 spiro atoms. The van der Waals surface area contributed by atoms with Crippen molar-refractivity contribution < 1.29 is 4.39 Å². The second-order valence-corrected chi connectivity index (χ2v) is 4.27. The molecule has 0 unspecified atom stereocenters. The summed E-state index contributed by atoms with van der Waals surface area (Å²) in [5, 5.41) is 2.99. The van der Waals surface area contributed by atoms with Gasteiger partial charge >= 0.3 is 0 Å². The highest BCUT2D eigenvalue weighted by Crippen LogP contribution is 2.09. The van der Waals surface area contributed by atoms with Gasteiger partial charge < -0.3 is 11.1 Å². The Morgan fingerprint density at radius 1 is 1.24 bits per heavy atom. The predicted octanol–water partition coefficient (Wildman–Crippen LogP) is 1.39. The van der Waals surface area contributed by atoms with Crippen LogP contribution < -0.4 is 11.1 Å². The van der Waals surface area contributed by atoms with E-state index in [1.165, 1.54) is 12.1 Å². The lowest BCUT2D eigenvalue weighted by molar-refractivity contribution is 0.626. The Labute approximate surface area is 119 Å². The molecular formula is C13H12FN7. The highest BCUT2D eigenvalue weighted by Gasteiger charge is 2.06. The number of nitrogens with zero attached hydrogens (tertiary/aromatic N) is 5. The number of benzene rings is 1. The van der Waals surface area contributed by atoms with Gasteiger partial charge in [0.2, 0.25) is 17.8 Å². The third-order valence-electron chi connectivity index (χ3n) is 2.72. The molecule has 0 aliphatic rings. The summed E-state index contributed by atoms with van der Waals surface area (Å²) < 4.78 is 14.7. The highest BCUT2D eigenvalue weighted by molar-refractivity contribution is 5.36. The molecular weight excluding hydrogens is 273 g/mol. The predicted molar refractivity (Wildman–Crippen MR) is 75.1 cm³/mol. The number of rotatable bonds is 4. The molecule has 3 N–H and O–H groups in total. The van der Waals surface area contributed by atoms with Crippen LogP contribution in [0.15, 0.2) is 43.0 Å². The van der Waals surface area contributed by atoms with Crippen molar-refractivity contribution in [3.05, 3.63) is 54.4 Å². The molecule has 106 valence electrons. The summed E-state index contributed by atoms with van der Waals surface area (Å²) in [7, 11) is 0. The third-order valence-corrected chi connectivity index (χ3v) is 2.72. The average Bonchev–Trinajstić information content (AvgIpc) is 2.99. The second kappa shape index (κ2) is 5.53. The van der Waals surface area contributed by atoms with Crippen molar-refractivity contribution in [3.8, 4) is 5.95 Å². The van der Waals surface area contributed by atoms with E-state index >= 15 is 0 Å². The molecule has 3 aromatic rings. The molecule has 0 aliphatic heterocycles. The van der Waals surface area contributed by atoms with Crippen LogP contribution in [0.4, 0.5) is 16.3 Å². The van der Waals surface area contributed by atoms with Crippen molar-refractivity contribution in [1.82, 2.24) is 24.5 Å². The maximum absolute atomic E-state index is 13.1. The van der Waals surface area contributed by atoms with Crippen molar-refractivity contribution in [1.29, 1.82) is 0 Å². The summed E-state index contributed by atoms with van der Waals surface area (Å²) >= 11 is 0. The van der Waals surface area contributed by atoms with Crippen molar-refractivity contribution in [2.75, 3.05) is 11.1 Å². The molecule has 0 radical (unpaired) electrons. The van der Waals surface area contributed by atoms with Crippen LogP contribution in [0.1, 0.15) is 5.56 Å². The van der Waals surface area contributed by atoms with Crippen LogP contribution in [0.3, 0.4) is 0 Å². The zero-order chi connectivity index (χ0) is 14.7. The topological polar surface area (TPSA) is 94.5 Å². The summed E-state index contributed by atoms with van der Waals surface area (Å²) in [5.41, 5.74) is 6.44. The van der Waals surface area contributed by atoms with Gasteiger partial charge in [0.25, 0.3) is 0 Å². The van der Waals surface area contributed by atoms with Crippen LogP contribution in [0.5, 0.6) is 0 Å². The zero-order valence-electron chi connectivity index (χ0n) is 10.9. The summed E-state index contributed by atoms with van der Waals surface area (Å²) in [6, 6.07) is 6.28. The van der Waals surface area contributed by atoms with Crippen molar-refractivity contribution in [2.24, 2.45) is 0 Å². The van der Waals surface area contributed by atoms with Crippen LogP contribution in [-0.4, -0.2) is 24.5 Å². The second-order valence-electron chi connectivity index (χ2n) is 4.27. The Hall–Kier alpha value is -3.03. The molecule has 0 amide bonds. The van der Waals surface area contributed by atoms with Crippen molar-refractivity contribution in [2.45, 2.75) is 6.54 Å². The number of anilines is 2. The Balaban J connectivity index is 1.79. The molecule has 21 heavy (non-hydrogen) atoms. The first-order chi connectivity index (χ1) is 10.2. The number of imidazole rings is 1. The Kier molecular flexibility index (Phi) is 3.42. The maximum Gasteiger partial charge on any atom is 0.241 e. The molecule has 0 saturated carbocycles. The molecule has 8 heteroatoms. The van der Waals surface area contributed by atoms with Gasteiger partial charge in [-0.2, -0.15) is 15.0 Å². The van der Waals surface area contributed by atoms with Gasteiger partial charge in [0.1, 0.15) is 12.1 Å². The first-order valence-electron chi connectivity index (χ1n) is 6.19. The molecule has 0 saturated heterocycles. The number of hydrogen-bond donors (Lipinski definition) is 2. The quantitative estimate of drug-likeness (QED) is 0.752. The highest BCUT2D eigenvalue weighted by atomic mass is 19.1. The fourth-order valence-electron chi connectivity index (χ4n) is 1.78. The van der Waals surface area contributed by atoms with Crippen LogP contribution in [0.2, 0.25) is 0 Å². The summed E-state index contributed by atoms with van der Waals surface area (Å²) in [5.74, 6) is 0.483. The van der Waals surface area contributed by atoms with E-state index in [9.17, 15) is 4.39 Å². The number of nitrogens with two attached hydrogens (primary N) is 1. The fourth-order valence-corrected chi connectivity index (χ4v) is 1.78. The van der Waals surface area contributed by atoms with Crippen molar-refractivity contribution in [3.63, 3.8) is 0 Å². The van der Waals surface area contributed by atoms with Gasteiger partial charge in [-0.1, -0.05) is 12.1 Å². The smallest absolute Gasteiger partial charge is 0.241 e. The lowest BCUT2D eigenvalue weighted by atomic mass is 10.2. The van der Waals surface area contributed by atoms with E-state index in [-0.39, 0.29) is 11.8 Å². The van der Waals surface area contributed by atoms with Crippen molar-refractivity contribution >= 4 is 11.9 Å². The molecule has 0 atom stereocenters. The lowest BCUT2D eigenvalue weighted by Crippen LogP contribution is -2.10. The fraction of sp³-hybridized carbons (Fsp3) is 0.0769. The summed E-state index contributed by atoms with van der Waals surface area (Å²) in [4.78, 5) is 16.2. The van der Waals surface area contributed by atoms with Crippen LogP contribution >= 0.6 is 0 Å². The first-order valence-corrected chi connectivity index (χ1v) is 6.19. The lowest BCUT2D eigenvalue weighted by Gasteiger charge is -2.07. The molecule has 2 heterocycles. The van der Waals surface area contributed by atoms with E-state index in [2.05, 4.69) is 25.3 Å². The average molecular weight is 285 g/mol. The maximum atomic E-state index is 13.1. The standard InChI is InChI=1S/C13H12FN7/c14-10-3-1-2-9(6-10)7-17-12-18-11(15)19-13(20-12)21-5-4-16-8-21/h1-6,8H,7H2,(H3,15,17,18,19,20). The SMILES string of the molecule is Nc1nc(NCc2cccc(F)c2)nc(-n2ccnc2)n1. The number of hydrogen-bond acceptors (Lipinski definition) is 6. The van der Waals surface area contributed by atoms with Gasteiger partial charge in [-0.15, -0.1) is 0 Å². The number of halogens is 1. The number of aromatic nitrogens is 5. The first kappa shape index (κ1) is 13.0. The largest absolute Gasteiger partial charge is 0.368 e. The monoisotopic (exact) mass is 285 g/mol. The number of nitrogens with one attached hydrogen (secondary N) is 1. The normalized spacial score (nSPS) is 10.5. The van der Waals surface area contributed by atoms with Gasteiger partial charge in [-0.25, -0.2) is 9.37 Å². The molecule has 0 aliphatic carbocycles. The minimum absolute atomic E-state index is 0.0930. The molecule has 2 aromatic heterocycles. The minimum Gasteiger partial charge on any atom is -0.368 e. The van der Waals surface area contributed by atoms with Crippen LogP contribution in [0.25, 0.3) is 5.95 Å². The molecule has 0 fully saturated rings. The Morgan fingerprint density at radius 3 is 2.90 bits per heavy atom. The number of nitrogen functional groups attached to an aromatic ring is 1. The molecule has 1 aromatic carbocycles. The van der Waals surface area contributed by atoms with Gasteiger partial charge in [-0.3, -0.25) is 4.57 Å². The van der Waals surface area contributed by atoms with E-state index in [1.54, 1.807) is 35.4 Å². The molecule has 7 nitrogen and oxygen atoms in total. The van der Waals surface area contributed by atoms with Gasteiger partial charge in [-0.05, 0) is 17.7 Å². The van der Waals surface area contributed by atoms with Gasteiger partial charge in [0, 0.05) is 18.9 Å². The van der Waals surface area contributed by atoms with Gasteiger partial charge in [0.15, 0.2) is 0 Å². The van der Waals surface area contributed by atoms with E-state index in [1.807, 2.05) is 0 Å². The van der Waals surface area contributed by atoms with E-state index < -0.39 is 0 Å².